The number of fused-ring (bicyclic) bond motifs is 1. The minimum Gasteiger partial charge on any atom is -0.493 e. The summed E-state index contributed by atoms with van der Waals surface area (Å²) in [5, 5.41) is 16.7. The number of benzene rings is 1. The lowest BCUT2D eigenvalue weighted by atomic mass is 9.73. The quantitative estimate of drug-likeness (QED) is 0.552. The minimum absolute atomic E-state index is 0.0843. The van der Waals surface area contributed by atoms with E-state index in [9.17, 15) is 9.90 Å². The number of aromatic nitrogens is 1. The van der Waals surface area contributed by atoms with E-state index in [4.69, 9.17) is 4.74 Å². The van der Waals surface area contributed by atoms with Gasteiger partial charge in [-0.15, -0.1) is 11.3 Å². The molecule has 1 aromatic heterocycles. The molecule has 5 rings (SSSR count). The number of hydrogen-bond donors (Lipinski definition) is 2. The summed E-state index contributed by atoms with van der Waals surface area (Å²) in [4.78, 5) is 16.7. The van der Waals surface area contributed by atoms with Crippen LogP contribution >= 0.6 is 11.3 Å². The van der Waals surface area contributed by atoms with Crippen molar-refractivity contribution >= 4 is 17.2 Å². The van der Waals surface area contributed by atoms with Crippen LogP contribution in [0.4, 0.5) is 0 Å². The van der Waals surface area contributed by atoms with Gasteiger partial charge in [0.2, 0.25) is 0 Å². The maximum absolute atomic E-state index is 12.1. The van der Waals surface area contributed by atoms with Gasteiger partial charge in [0.05, 0.1) is 17.7 Å². The van der Waals surface area contributed by atoms with Gasteiger partial charge in [0.1, 0.15) is 11.4 Å². The predicted molar refractivity (Wildman–Crippen MR) is 131 cm³/mol. The molecule has 33 heavy (non-hydrogen) atoms. The summed E-state index contributed by atoms with van der Waals surface area (Å²) in [6.07, 6.45) is 7.45. The highest BCUT2D eigenvalue weighted by Crippen LogP contribution is 2.51. The van der Waals surface area contributed by atoms with E-state index in [-0.39, 0.29) is 17.9 Å². The third kappa shape index (κ3) is 4.83. The fourth-order valence-electron chi connectivity index (χ4n) is 6.13. The number of nitrogens with one attached hydrogen (secondary N) is 1. The minimum atomic E-state index is -0.293. The van der Waals surface area contributed by atoms with E-state index < -0.39 is 0 Å². The molecule has 0 spiro atoms. The fraction of sp³-hybridized carbons (Fsp3) is 0.630. The Morgan fingerprint density at radius 2 is 2.00 bits per heavy atom. The van der Waals surface area contributed by atoms with Crippen molar-refractivity contribution in [2.24, 2.45) is 17.8 Å². The second-order valence-electron chi connectivity index (χ2n) is 10.1. The van der Waals surface area contributed by atoms with Gasteiger partial charge in [0, 0.05) is 23.8 Å². The Kier molecular flexibility index (Phi) is 6.75. The monoisotopic (exact) mass is 468 g/mol. The molecule has 3 aliphatic carbocycles. The third-order valence-corrected chi connectivity index (χ3v) is 9.04. The van der Waals surface area contributed by atoms with Crippen molar-refractivity contribution in [3.05, 3.63) is 45.4 Å². The molecule has 2 N–H and O–H groups in total. The third-order valence-electron chi connectivity index (χ3n) is 8.03. The van der Waals surface area contributed by atoms with E-state index in [0.29, 0.717) is 36.6 Å². The number of amides is 1. The molecule has 3 fully saturated rings. The summed E-state index contributed by atoms with van der Waals surface area (Å²) in [7, 11) is 0. The van der Waals surface area contributed by atoms with Crippen LogP contribution in [-0.2, 0) is 6.42 Å². The number of aliphatic hydroxyl groups excluding tert-OH is 1. The number of nitrogens with zero attached hydrogens (tertiary/aromatic N) is 1. The molecule has 1 aromatic carbocycles. The van der Waals surface area contributed by atoms with Crippen molar-refractivity contribution in [3.8, 4) is 5.75 Å². The molecule has 5 nitrogen and oxygen atoms in total. The van der Waals surface area contributed by atoms with E-state index >= 15 is 0 Å². The molecule has 0 aliphatic heterocycles. The molecular weight excluding hydrogens is 432 g/mol. The maximum Gasteiger partial charge on any atom is 0.270 e. The molecule has 3 aliphatic rings. The second-order valence-corrected chi connectivity index (χ2v) is 11.0. The SMILES string of the molecule is CCNC(=O)c1csc([C@H]2CC[C@H]3[C@@H](C2)C[C@H](O)[C@@H]3COc2ccc(CC)c(C3CC3)c2)n1. The summed E-state index contributed by atoms with van der Waals surface area (Å²) < 4.78 is 6.28. The van der Waals surface area contributed by atoms with Crippen LogP contribution < -0.4 is 10.1 Å². The predicted octanol–water partition coefficient (Wildman–Crippen LogP) is 5.29. The number of thiazole rings is 1. The van der Waals surface area contributed by atoms with E-state index in [1.54, 1.807) is 11.3 Å². The molecule has 2 aromatic rings. The Balaban J connectivity index is 1.20. The largest absolute Gasteiger partial charge is 0.493 e. The first kappa shape index (κ1) is 22.9. The highest BCUT2D eigenvalue weighted by Gasteiger charge is 2.46. The molecule has 0 radical (unpaired) electrons. The lowest BCUT2D eigenvalue weighted by Crippen LogP contribution is -2.29. The molecule has 5 atom stereocenters. The van der Waals surface area contributed by atoms with Crippen molar-refractivity contribution in [2.45, 2.75) is 76.7 Å². The van der Waals surface area contributed by atoms with Crippen LogP contribution in [0.25, 0.3) is 0 Å². The maximum atomic E-state index is 12.1. The molecule has 6 heteroatoms. The van der Waals surface area contributed by atoms with E-state index in [2.05, 4.69) is 35.4 Å². The Hall–Kier alpha value is -1.92. The number of carbonyl (C=O) groups is 1. The first-order valence-electron chi connectivity index (χ1n) is 12.7. The Morgan fingerprint density at radius 1 is 1.18 bits per heavy atom. The normalized spacial score (nSPS) is 29.0. The van der Waals surface area contributed by atoms with Gasteiger partial charge in [-0.2, -0.15) is 0 Å². The first-order valence-corrected chi connectivity index (χ1v) is 13.6. The zero-order valence-electron chi connectivity index (χ0n) is 19.8. The lowest BCUT2D eigenvalue weighted by Gasteiger charge is -2.33. The van der Waals surface area contributed by atoms with Gasteiger partial charge in [-0.25, -0.2) is 4.98 Å². The van der Waals surface area contributed by atoms with Crippen LogP contribution in [0.3, 0.4) is 0 Å². The van der Waals surface area contributed by atoms with Gasteiger partial charge in [-0.05, 0) is 92.9 Å². The van der Waals surface area contributed by atoms with Crippen LogP contribution in [0.5, 0.6) is 5.75 Å². The Morgan fingerprint density at radius 3 is 2.76 bits per heavy atom. The second kappa shape index (κ2) is 9.75. The summed E-state index contributed by atoms with van der Waals surface area (Å²) in [5.41, 5.74) is 3.45. The molecule has 178 valence electrons. The number of carbonyl (C=O) groups excluding carboxylic acids is 1. The molecular formula is C27H36N2O3S. The summed E-state index contributed by atoms with van der Waals surface area (Å²) >= 11 is 1.61. The number of hydrogen-bond acceptors (Lipinski definition) is 5. The fourth-order valence-corrected chi connectivity index (χ4v) is 7.08. The summed E-state index contributed by atoms with van der Waals surface area (Å²) in [6, 6.07) is 6.58. The van der Waals surface area contributed by atoms with Crippen LogP contribution in [-0.4, -0.2) is 35.3 Å². The van der Waals surface area contributed by atoms with Gasteiger partial charge in [0.25, 0.3) is 5.91 Å². The molecule has 0 saturated heterocycles. The molecule has 0 unspecified atom stereocenters. The Bertz CT molecular complexity index is 985. The van der Waals surface area contributed by atoms with E-state index in [1.165, 1.54) is 24.0 Å². The van der Waals surface area contributed by atoms with E-state index in [0.717, 1.165) is 48.8 Å². The van der Waals surface area contributed by atoms with Crippen molar-refractivity contribution in [3.63, 3.8) is 0 Å². The zero-order valence-corrected chi connectivity index (χ0v) is 20.6. The Labute approximate surface area is 201 Å². The molecule has 3 saturated carbocycles. The average molecular weight is 469 g/mol. The average Bonchev–Trinajstić information content (AvgIpc) is 3.46. The summed E-state index contributed by atoms with van der Waals surface area (Å²) in [6.45, 7) is 5.36. The number of ether oxygens (including phenoxy) is 1. The zero-order chi connectivity index (χ0) is 22.9. The van der Waals surface area contributed by atoms with Gasteiger partial charge in [-0.3, -0.25) is 4.79 Å². The van der Waals surface area contributed by atoms with Crippen molar-refractivity contribution < 1.29 is 14.6 Å². The number of rotatable bonds is 8. The van der Waals surface area contributed by atoms with Crippen LogP contribution in [0, 0.1) is 17.8 Å². The van der Waals surface area contributed by atoms with Crippen LogP contribution in [0.2, 0.25) is 0 Å². The standard InChI is InChI=1S/C27H36N2O3S/c1-3-16-7-9-20(13-22(16)17-5-6-17)32-14-23-21-10-8-18(11-19(21)12-25(23)30)27-29-24(15-33-27)26(31)28-4-2/h7,9,13,15,17-19,21,23,25,30H,3-6,8,10-12,14H2,1-2H3,(H,28,31)/t18-,19-,21-,23+,25-/m0/s1. The van der Waals surface area contributed by atoms with Gasteiger partial charge in [-0.1, -0.05) is 13.0 Å². The first-order chi connectivity index (χ1) is 16.1. The van der Waals surface area contributed by atoms with Gasteiger partial charge >= 0.3 is 0 Å². The van der Waals surface area contributed by atoms with Crippen molar-refractivity contribution in [1.29, 1.82) is 0 Å². The lowest BCUT2D eigenvalue weighted by molar-refractivity contribution is 0.0740. The molecule has 0 bridgehead atoms. The van der Waals surface area contributed by atoms with E-state index in [1.807, 2.05) is 12.3 Å². The smallest absolute Gasteiger partial charge is 0.270 e. The van der Waals surface area contributed by atoms with Gasteiger partial charge < -0.3 is 15.2 Å². The topological polar surface area (TPSA) is 71.5 Å². The molecule has 1 heterocycles. The van der Waals surface area contributed by atoms with Crippen molar-refractivity contribution in [1.82, 2.24) is 10.3 Å². The van der Waals surface area contributed by atoms with Crippen molar-refractivity contribution in [2.75, 3.05) is 13.2 Å². The number of aryl methyl sites for hydroxylation is 1. The van der Waals surface area contributed by atoms with Gasteiger partial charge in [0.15, 0.2) is 0 Å². The number of aliphatic hydroxyl groups is 1. The highest BCUT2D eigenvalue weighted by molar-refractivity contribution is 7.09. The summed E-state index contributed by atoms with van der Waals surface area (Å²) in [5.74, 6) is 3.21. The molecule has 1 amide bonds. The van der Waals surface area contributed by atoms with Crippen LogP contribution in [0.15, 0.2) is 23.6 Å². The van der Waals surface area contributed by atoms with Crippen LogP contribution in [0.1, 0.15) is 90.8 Å². The highest BCUT2D eigenvalue weighted by atomic mass is 32.1.